The number of carbonyl (C=O) groups is 1. The number of fused-ring (bicyclic) bond motifs is 1. The number of aromatic nitrogens is 3. The molecule has 0 aliphatic heterocycles. The molecule has 2 heterocycles. The summed E-state index contributed by atoms with van der Waals surface area (Å²) in [5.41, 5.74) is 1.38. The summed E-state index contributed by atoms with van der Waals surface area (Å²) in [5.74, 6) is 0.0841. The zero-order chi connectivity index (χ0) is 13.2. The highest BCUT2D eigenvalue weighted by Crippen LogP contribution is 2.15. The quantitative estimate of drug-likeness (QED) is 0.753. The highest BCUT2D eigenvalue weighted by Gasteiger charge is 2.10. The summed E-state index contributed by atoms with van der Waals surface area (Å²) in [6.07, 6.45) is 2.78. The van der Waals surface area contributed by atoms with E-state index in [0.717, 1.165) is 10.9 Å². The number of anilines is 1. The molecule has 2 aromatic heterocycles. The Balaban J connectivity index is 1.85. The Morgan fingerprint density at radius 1 is 1.21 bits per heavy atom. The van der Waals surface area contributed by atoms with Gasteiger partial charge in [0.2, 0.25) is 0 Å². The number of carbonyl (C=O) groups excluding carboxylic acids is 1. The molecule has 19 heavy (non-hydrogen) atoms. The van der Waals surface area contributed by atoms with Crippen molar-refractivity contribution in [1.82, 2.24) is 15.0 Å². The van der Waals surface area contributed by atoms with Crippen molar-refractivity contribution in [3.63, 3.8) is 0 Å². The van der Waals surface area contributed by atoms with Crippen LogP contribution >= 0.6 is 11.6 Å². The molecule has 0 spiro atoms. The Morgan fingerprint density at radius 2 is 2.05 bits per heavy atom. The lowest BCUT2D eigenvalue weighted by molar-refractivity contribution is 0.102. The number of para-hydroxylation sites is 1. The molecule has 0 bridgehead atoms. The maximum Gasteiger partial charge on any atom is 0.273 e. The van der Waals surface area contributed by atoms with Crippen LogP contribution in [0.1, 0.15) is 10.5 Å². The molecule has 1 aromatic carbocycles. The van der Waals surface area contributed by atoms with Gasteiger partial charge in [0.15, 0.2) is 5.82 Å². The fourth-order valence-electron chi connectivity index (χ4n) is 1.76. The highest BCUT2D eigenvalue weighted by molar-refractivity contribution is 6.29. The predicted octanol–water partition coefficient (Wildman–Crippen LogP) is 2.86. The van der Waals surface area contributed by atoms with Gasteiger partial charge < -0.3 is 10.3 Å². The normalized spacial score (nSPS) is 10.6. The van der Waals surface area contributed by atoms with Crippen LogP contribution in [0.4, 0.5) is 5.82 Å². The summed E-state index contributed by atoms with van der Waals surface area (Å²) >= 11 is 5.63. The molecule has 5 nitrogen and oxygen atoms in total. The number of hydrogen-bond donors (Lipinski definition) is 2. The van der Waals surface area contributed by atoms with Gasteiger partial charge in [-0.2, -0.15) is 0 Å². The van der Waals surface area contributed by atoms with Crippen LogP contribution in [-0.2, 0) is 0 Å². The first-order valence-corrected chi connectivity index (χ1v) is 5.97. The van der Waals surface area contributed by atoms with E-state index < -0.39 is 0 Å². The van der Waals surface area contributed by atoms with Crippen molar-refractivity contribution in [3.8, 4) is 0 Å². The summed E-state index contributed by atoms with van der Waals surface area (Å²) < 4.78 is 0. The number of hydrogen-bond acceptors (Lipinski definition) is 3. The number of nitrogens with zero attached hydrogens (tertiary/aromatic N) is 2. The van der Waals surface area contributed by atoms with Crippen LogP contribution in [0.3, 0.4) is 0 Å². The molecule has 0 fully saturated rings. The third kappa shape index (κ3) is 2.41. The van der Waals surface area contributed by atoms with E-state index in [1.807, 2.05) is 24.3 Å². The molecule has 0 unspecified atom stereocenters. The van der Waals surface area contributed by atoms with E-state index >= 15 is 0 Å². The first-order chi connectivity index (χ1) is 9.22. The van der Waals surface area contributed by atoms with E-state index in [4.69, 9.17) is 11.6 Å². The number of aromatic amines is 1. The average Bonchev–Trinajstić information content (AvgIpc) is 2.85. The molecule has 3 aromatic rings. The number of amides is 1. The predicted molar refractivity (Wildman–Crippen MR) is 73.3 cm³/mol. The molecule has 6 heteroatoms. The second-order valence-electron chi connectivity index (χ2n) is 3.95. The van der Waals surface area contributed by atoms with Crippen LogP contribution in [0, 0.1) is 0 Å². The summed E-state index contributed by atoms with van der Waals surface area (Å²) in [7, 11) is 0. The number of H-pyrrole nitrogens is 1. The lowest BCUT2D eigenvalue weighted by Gasteiger charge is -2.01. The van der Waals surface area contributed by atoms with Crippen molar-refractivity contribution in [2.75, 3.05) is 5.32 Å². The number of rotatable bonds is 2. The van der Waals surface area contributed by atoms with Gasteiger partial charge in [0, 0.05) is 10.9 Å². The molecule has 3 rings (SSSR count). The Bertz CT molecular complexity index is 703. The molecule has 94 valence electrons. The smallest absolute Gasteiger partial charge is 0.273 e. The van der Waals surface area contributed by atoms with Crippen LogP contribution < -0.4 is 5.32 Å². The minimum Gasteiger partial charge on any atom is -0.351 e. The van der Waals surface area contributed by atoms with Gasteiger partial charge in [-0.3, -0.25) is 4.79 Å². The molecule has 0 saturated carbocycles. The summed E-state index contributed by atoms with van der Waals surface area (Å²) in [4.78, 5) is 22.9. The number of halogens is 1. The van der Waals surface area contributed by atoms with Crippen LogP contribution in [-0.4, -0.2) is 20.9 Å². The Kier molecular flexibility index (Phi) is 2.89. The maximum atomic E-state index is 12.0. The van der Waals surface area contributed by atoms with Crippen LogP contribution in [0.2, 0.25) is 5.15 Å². The lowest BCUT2D eigenvalue weighted by atomic mass is 10.2. The molecular weight excluding hydrogens is 264 g/mol. The van der Waals surface area contributed by atoms with Gasteiger partial charge in [-0.15, -0.1) is 0 Å². The van der Waals surface area contributed by atoms with Crippen molar-refractivity contribution in [2.24, 2.45) is 0 Å². The van der Waals surface area contributed by atoms with Gasteiger partial charge in [-0.1, -0.05) is 29.8 Å². The number of nitrogens with one attached hydrogen (secondary N) is 2. The molecule has 2 N–H and O–H groups in total. The van der Waals surface area contributed by atoms with Gasteiger partial charge in [-0.25, -0.2) is 9.97 Å². The lowest BCUT2D eigenvalue weighted by Crippen LogP contribution is -2.13. The monoisotopic (exact) mass is 272 g/mol. The summed E-state index contributed by atoms with van der Waals surface area (Å²) in [6, 6.07) is 9.46. The standard InChI is InChI=1S/C13H9ClN4O/c14-11-6-16-12(7-15-11)18-13(19)10-5-8-3-1-2-4-9(8)17-10/h1-7,17H,(H,16,18,19). The number of benzene rings is 1. The first kappa shape index (κ1) is 11.7. The molecule has 0 radical (unpaired) electrons. The molecule has 0 aliphatic rings. The molecule has 0 atom stereocenters. The fraction of sp³-hybridized carbons (Fsp3) is 0. The van der Waals surface area contributed by atoms with Gasteiger partial charge in [0.1, 0.15) is 10.8 Å². The van der Waals surface area contributed by atoms with Crippen molar-refractivity contribution in [1.29, 1.82) is 0 Å². The SMILES string of the molecule is O=C(Nc1cnc(Cl)cn1)c1cc2ccccc2[nH]1. The Labute approximate surface area is 113 Å². The van der Waals surface area contributed by atoms with Crippen LogP contribution in [0.15, 0.2) is 42.7 Å². The first-order valence-electron chi connectivity index (χ1n) is 5.59. The molecule has 0 saturated heterocycles. The van der Waals surface area contributed by atoms with Gasteiger partial charge in [-0.05, 0) is 12.1 Å². The van der Waals surface area contributed by atoms with Crippen LogP contribution in [0.5, 0.6) is 0 Å². The van der Waals surface area contributed by atoms with E-state index in [1.165, 1.54) is 12.4 Å². The van der Waals surface area contributed by atoms with Gasteiger partial charge in [0.05, 0.1) is 12.4 Å². The van der Waals surface area contributed by atoms with Crippen molar-refractivity contribution < 1.29 is 4.79 Å². The van der Waals surface area contributed by atoms with Crippen molar-refractivity contribution in [2.45, 2.75) is 0 Å². The Hall–Kier alpha value is -2.40. The highest BCUT2D eigenvalue weighted by atomic mass is 35.5. The van der Waals surface area contributed by atoms with E-state index in [-0.39, 0.29) is 11.1 Å². The topological polar surface area (TPSA) is 70.7 Å². The summed E-state index contributed by atoms with van der Waals surface area (Å²) in [6.45, 7) is 0. The minimum absolute atomic E-state index is 0.271. The van der Waals surface area contributed by atoms with E-state index in [1.54, 1.807) is 6.07 Å². The minimum atomic E-state index is -0.271. The zero-order valence-electron chi connectivity index (χ0n) is 9.72. The van der Waals surface area contributed by atoms with Crippen LogP contribution in [0.25, 0.3) is 10.9 Å². The second-order valence-corrected chi connectivity index (χ2v) is 4.34. The van der Waals surface area contributed by atoms with E-state index in [9.17, 15) is 4.79 Å². The third-order valence-corrected chi connectivity index (χ3v) is 2.83. The zero-order valence-corrected chi connectivity index (χ0v) is 10.5. The summed E-state index contributed by atoms with van der Waals surface area (Å²) in [5, 5.41) is 3.91. The third-order valence-electron chi connectivity index (χ3n) is 2.64. The molecular formula is C13H9ClN4O. The Morgan fingerprint density at radius 3 is 2.79 bits per heavy atom. The van der Waals surface area contributed by atoms with E-state index in [0.29, 0.717) is 11.5 Å². The van der Waals surface area contributed by atoms with E-state index in [2.05, 4.69) is 20.3 Å². The van der Waals surface area contributed by atoms with Crippen molar-refractivity contribution >= 4 is 34.2 Å². The fourth-order valence-corrected chi connectivity index (χ4v) is 1.85. The van der Waals surface area contributed by atoms with Gasteiger partial charge in [0.25, 0.3) is 5.91 Å². The largest absolute Gasteiger partial charge is 0.351 e. The molecule has 1 amide bonds. The van der Waals surface area contributed by atoms with Gasteiger partial charge >= 0.3 is 0 Å². The maximum absolute atomic E-state index is 12.0. The second kappa shape index (κ2) is 4.70. The average molecular weight is 273 g/mol. The molecule has 0 aliphatic carbocycles. The van der Waals surface area contributed by atoms with Crippen molar-refractivity contribution in [3.05, 3.63) is 53.6 Å².